The van der Waals surface area contributed by atoms with Crippen molar-refractivity contribution in [3.05, 3.63) is 56.5 Å². The third kappa shape index (κ3) is 5.07. The van der Waals surface area contributed by atoms with E-state index in [-0.39, 0.29) is 18.1 Å². The molecule has 0 saturated carbocycles. The first-order chi connectivity index (χ1) is 11.0. The highest BCUT2D eigenvalue weighted by Crippen LogP contribution is 2.32. The Morgan fingerprint density at radius 1 is 1.26 bits per heavy atom. The first kappa shape index (κ1) is 17.5. The number of methoxy groups -OCH3 is 1. The molecule has 2 rings (SSSR count). The van der Waals surface area contributed by atoms with Gasteiger partial charge < -0.3 is 9.84 Å². The van der Waals surface area contributed by atoms with Crippen molar-refractivity contribution in [3.8, 4) is 11.5 Å². The molecule has 0 fully saturated rings. The molecule has 7 heteroatoms. The Hall–Kier alpha value is -1.86. The Kier molecular flexibility index (Phi) is 6.18. The Morgan fingerprint density at radius 2 is 1.87 bits per heavy atom. The predicted octanol–water partition coefficient (Wildman–Crippen LogP) is 3.62. The average Bonchev–Trinajstić information content (AvgIpc) is 2.53. The molecule has 2 N–H and O–H groups in total. The summed E-state index contributed by atoms with van der Waals surface area (Å²) in [7, 11) is 1.59. The molecule has 0 bridgehead atoms. The fourth-order valence-corrected chi connectivity index (χ4v) is 3.03. The summed E-state index contributed by atoms with van der Waals surface area (Å²) in [5, 5.41) is 13.5. The molecule has 0 radical (unpaired) electrons. The van der Waals surface area contributed by atoms with Crippen molar-refractivity contribution in [2.24, 2.45) is 5.10 Å². The number of nitrogens with one attached hydrogen (secondary N) is 1. The molecular formula is C16H14Br2N2O3. The number of hydrazone groups is 1. The van der Waals surface area contributed by atoms with Crippen molar-refractivity contribution in [2.45, 2.75) is 6.42 Å². The van der Waals surface area contributed by atoms with Crippen LogP contribution in [0.2, 0.25) is 0 Å². The van der Waals surface area contributed by atoms with Gasteiger partial charge in [0.05, 0.1) is 28.7 Å². The van der Waals surface area contributed by atoms with Crippen LogP contribution in [0.5, 0.6) is 11.5 Å². The van der Waals surface area contributed by atoms with E-state index in [2.05, 4.69) is 42.4 Å². The van der Waals surface area contributed by atoms with Gasteiger partial charge in [0, 0.05) is 0 Å². The van der Waals surface area contributed by atoms with Gasteiger partial charge in [0.2, 0.25) is 5.91 Å². The highest BCUT2D eigenvalue weighted by atomic mass is 79.9. The highest BCUT2D eigenvalue weighted by Gasteiger charge is 2.05. The van der Waals surface area contributed by atoms with Crippen LogP contribution < -0.4 is 10.2 Å². The molecular weight excluding hydrogens is 428 g/mol. The van der Waals surface area contributed by atoms with Gasteiger partial charge >= 0.3 is 0 Å². The molecule has 2 aromatic carbocycles. The van der Waals surface area contributed by atoms with Gasteiger partial charge in [0.15, 0.2) is 0 Å². The average molecular weight is 442 g/mol. The molecule has 0 aliphatic heterocycles. The number of ether oxygens (including phenoxy) is 1. The molecule has 5 nitrogen and oxygen atoms in total. The maximum absolute atomic E-state index is 11.8. The predicted molar refractivity (Wildman–Crippen MR) is 95.9 cm³/mol. The lowest BCUT2D eigenvalue weighted by Gasteiger charge is -2.03. The van der Waals surface area contributed by atoms with E-state index >= 15 is 0 Å². The van der Waals surface area contributed by atoms with E-state index < -0.39 is 0 Å². The lowest BCUT2D eigenvalue weighted by molar-refractivity contribution is -0.120. The zero-order valence-electron chi connectivity index (χ0n) is 12.2. The van der Waals surface area contributed by atoms with E-state index in [1.165, 1.54) is 6.21 Å². The van der Waals surface area contributed by atoms with Crippen LogP contribution in [0.3, 0.4) is 0 Å². The Bertz CT molecular complexity index is 708. The first-order valence-electron chi connectivity index (χ1n) is 6.62. The summed E-state index contributed by atoms with van der Waals surface area (Å²) >= 11 is 6.47. The topological polar surface area (TPSA) is 70.9 Å². The molecule has 0 saturated heterocycles. The number of hydrogen-bond acceptors (Lipinski definition) is 4. The molecule has 1 amide bonds. The number of rotatable bonds is 5. The van der Waals surface area contributed by atoms with E-state index in [1.807, 2.05) is 12.1 Å². The van der Waals surface area contributed by atoms with Crippen molar-refractivity contribution in [2.75, 3.05) is 7.11 Å². The Labute approximate surface area is 150 Å². The van der Waals surface area contributed by atoms with Gasteiger partial charge in [-0.2, -0.15) is 5.10 Å². The summed E-state index contributed by atoms with van der Waals surface area (Å²) in [5.41, 5.74) is 4.07. The van der Waals surface area contributed by atoms with Crippen LogP contribution in [-0.2, 0) is 11.2 Å². The molecule has 0 aliphatic rings. The molecule has 0 aromatic heterocycles. The molecule has 23 heavy (non-hydrogen) atoms. The van der Waals surface area contributed by atoms with Gasteiger partial charge in [0.1, 0.15) is 11.5 Å². The third-order valence-corrected chi connectivity index (χ3v) is 4.17. The maximum Gasteiger partial charge on any atom is 0.244 e. The third-order valence-electron chi connectivity index (χ3n) is 2.97. The van der Waals surface area contributed by atoms with Crippen LogP contribution in [-0.4, -0.2) is 24.3 Å². The quantitative estimate of drug-likeness (QED) is 0.549. The second kappa shape index (κ2) is 8.12. The number of nitrogens with zero attached hydrogens (tertiary/aromatic N) is 1. The van der Waals surface area contributed by atoms with Crippen molar-refractivity contribution < 1.29 is 14.6 Å². The number of amides is 1. The van der Waals surface area contributed by atoms with Gasteiger partial charge in [0.25, 0.3) is 0 Å². The number of carbonyl (C=O) groups excluding carboxylic acids is 1. The number of phenolic OH excluding ortho intramolecular Hbond substituents is 1. The molecule has 0 aliphatic carbocycles. The van der Waals surface area contributed by atoms with Crippen LogP contribution >= 0.6 is 31.9 Å². The van der Waals surface area contributed by atoms with E-state index in [0.29, 0.717) is 8.95 Å². The largest absolute Gasteiger partial charge is 0.506 e. The van der Waals surface area contributed by atoms with Crippen LogP contribution in [0.4, 0.5) is 0 Å². The van der Waals surface area contributed by atoms with Crippen LogP contribution in [0, 0.1) is 0 Å². The first-order valence-corrected chi connectivity index (χ1v) is 8.21. The minimum Gasteiger partial charge on any atom is -0.506 e. The van der Waals surface area contributed by atoms with Crippen molar-refractivity contribution in [3.63, 3.8) is 0 Å². The number of benzene rings is 2. The van der Waals surface area contributed by atoms with Gasteiger partial charge in [-0.1, -0.05) is 12.1 Å². The van der Waals surface area contributed by atoms with Crippen LogP contribution in [0.15, 0.2) is 50.4 Å². The fraction of sp³-hybridized carbons (Fsp3) is 0.125. The summed E-state index contributed by atoms with van der Waals surface area (Å²) < 4.78 is 6.15. The van der Waals surface area contributed by atoms with E-state index in [0.717, 1.165) is 16.9 Å². The number of carbonyl (C=O) groups is 1. The van der Waals surface area contributed by atoms with Gasteiger partial charge in [-0.05, 0) is 67.3 Å². The van der Waals surface area contributed by atoms with Gasteiger partial charge in [-0.25, -0.2) is 5.43 Å². The highest BCUT2D eigenvalue weighted by molar-refractivity contribution is 9.11. The van der Waals surface area contributed by atoms with Crippen LogP contribution in [0.25, 0.3) is 0 Å². The summed E-state index contributed by atoms with van der Waals surface area (Å²) in [6, 6.07) is 10.7. The fourth-order valence-electron chi connectivity index (χ4n) is 1.81. The summed E-state index contributed by atoms with van der Waals surface area (Å²) in [6.07, 6.45) is 1.73. The molecule has 0 spiro atoms. The molecule has 0 unspecified atom stereocenters. The normalized spacial score (nSPS) is 10.7. The minimum absolute atomic E-state index is 0.116. The monoisotopic (exact) mass is 440 g/mol. The number of halogens is 2. The van der Waals surface area contributed by atoms with Crippen LogP contribution in [0.1, 0.15) is 11.1 Å². The number of aromatic hydroxyl groups is 1. The van der Waals surface area contributed by atoms with Crippen molar-refractivity contribution >= 4 is 44.0 Å². The summed E-state index contributed by atoms with van der Waals surface area (Å²) in [5.74, 6) is 0.643. The summed E-state index contributed by atoms with van der Waals surface area (Å²) in [6.45, 7) is 0. The van der Waals surface area contributed by atoms with Gasteiger partial charge in [-0.3, -0.25) is 4.79 Å². The van der Waals surface area contributed by atoms with E-state index in [1.54, 1.807) is 31.4 Å². The second-order valence-corrected chi connectivity index (χ2v) is 6.36. The maximum atomic E-state index is 11.8. The standard InChI is InChI=1S/C16H14Br2N2O3/c1-23-12-4-2-10(3-5-12)8-15(21)20-19-9-11-6-13(17)16(22)14(18)7-11/h2-7,9,22H,8H2,1H3,(H,20,21). The van der Waals surface area contributed by atoms with Crippen molar-refractivity contribution in [1.29, 1.82) is 0 Å². The number of hydrogen-bond donors (Lipinski definition) is 2. The SMILES string of the molecule is COc1ccc(CC(=O)NN=Cc2cc(Br)c(O)c(Br)c2)cc1. The number of phenols is 1. The zero-order chi connectivity index (χ0) is 16.8. The molecule has 0 heterocycles. The van der Waals surface area contributed by atoms with Crippen molar-refractivity contribution in [1.82, 2.24) is 5.43 Å². The van der Waals surface area contributed by atoms with E-state index in [4.69, 9.17) is 4.74 Å². The lowest BCUT2D eigenvalue weighted by atomic mass is 10.1. The van der Waals surface area contributed by atoms with E-state index in [9.17, 15) is 9.90 Å². The Balaban J connectivity index is 1.93. The molecule has 120 valence electrons. The van der Waals surface area contributed by atoms with Gasteiger partial charge in [-0.15, -0.1) is 0 Å². The lowest BCUT2D eigenvalue weighted by Crippen LogP contribution is -2.19. The zero-order valence-corrected chi connectivity index (χ0v) is 15.4. The second-order valence-electron chi connectivity index (χ2n) is 4.65. The summed E-state index contributed by atoms with van der Waals surface area (Å²) in [4.78, 5) is 11.8. The molecule has 0 atom stereocenters. The smallest absolute Gasteiger partial charge is 0.244 e. The minimum atomic E-state index is -0.219. The Morgan fingerprint density at radius 3 is 2.43 bits per heavy atom. The molecule has 2 aromatic rings.